The van der Waals surface area contributed by atoms with Crippen LogP contribution < -0.4 is 14.8 Å². The van der Waals surface area contributed by atoms with Crippen LogP contribution in [0, 0.1) is 6.92 Å². The maximum atomic E-state index is 6.04. The summed E-state index contributed by atoms with van der Waals surface area (Å²) in [5.74, 6) is 3.53. The number of nitrogens with one attached hydrogen (secondary N) is 1. The number of benzene rings is 1. The van der Waals surface area contributed by atoms with E-state index in [9.17, 15) is 0 Å². The molecule has 0 spiro atoms. The van der Waals surface area contributed by atoms with Crippen molar-refractivity contribution < 1.29 is 9.47 Å². The first-order chi connectivity index (χ1) is 10.3. The third-order valence-electron chi connectivity index (χ3n) is 3.19. The maximum Gasteiger partial charge on any atom is 0.136 e. The Kier molecular flexibility index (Phi) is 4.31. The number of hydrogen-bond donors (Lipinski definition) is 1. The van der Waals surface area contributed by atoms with Gasteiger partial charge in [0.25, 0.3) is 0 Å². The SMILES string of the molecule is CNCc1cnc(C)cc1Oc1ccc2c(c1)OCCS2. The van der Waals surface area contributed by atoms with Gasteiger partial charge in [-0.25, -0.2) is 0 Å². The number of fused-ring (bicyclic) bond motifs is 1. The van der Waals surface area contributed by atoms with E-state index in [1.807, 2.05) is 50.1 Å². The lowest BCUT2D eigenvalue weighted by Crippen LogP contribution is -2.08. The predicted octanol–water partition coefficient (Wildman–Crippen LogP) is 3.39. The molecule has 1 aromatic carbocycles. The Hall–Kier alpha value is -1.72. The summed E-state index contributed by atoms with van der Waals surface area (Å²) in [5, 5.41) is 3.13. The lowest BCUT2D eigenvalue weighted by Gasteiger charge is -2.18. The van der Waals surface area contributed by atoms with Crippen LogP contribution in [0.25, 0.3) is 0 Å². The van der Waals surface area contributed by atoms with Crippen molar-refractivity contribution in [3.05, 3.63) is 41.7 Å². The fourth-order valence-corrected chi connectivity index (χ4v) is 3.01. The van der Waals surface area contributed by atoms with Crippen LogP contribution in [0.15, 0.2) is 35.4 Å². The minimum atomic E-state index is 0.722. The van der Waals surface area contributed by atoms with Gasteiger partial charge in [-0.05, 0) is 26.1 Å². The lowest BCUT2D eigenvalue weighted by atomic mass is 10.2. The van der Waals surface area contributed by atoms with Crippen LogP contribution in [0.3, 0.4) is 0 Å². The zero-order valence-corrected chi connectivity index (χ0v) is 13.0. The minimum Gasteiger partial charge on any atom is -0.491 e. The molecule has 4 nitrogen and oxygen atoms in total. The number of aromatic nitrogens is 1. The highest BCUT2D eigenvalue weighted by Gasteiger charge is 2.13. The average Bonchev–Trinajstić information content (AvgIpc) is 2.50. The van der Waals surface area contributed by atoms with E-state index in [1.165, 1.54) is 4.90 Å². The van der Waals surface area contributed by atoms with Gasteiger partial charge in [-0.2, -0.15) is 0 Å². The number of rotatable bonds is 4. The van der Waals surface area contributed by atoms with E-state index < -0.39 is 0 Å². The summed E-state index contributed by atoms with van der Waals surface area (Å²) >= 11 is 1.82. The second-order valence-corrected chi connectivity index (χ2v) is 6.01. The van der Waals surface area contributed by atoms with E-state index in [0.29, 0.717) is 0 Å². The van der Waals surface area contributed by atoms with Gasteiger partial charge in [-0.3, -0.25) is 4.98 Å². The molecule has 2 aromatic rings. The normalized spacial score (nSPS) is 13.4. The fourth-order valence-electron chi connectivity index (χ4n) is 2.20. The second-order valence-electron chi connectivity index (χ2n) is 4.87. The zero-order valence-electron chi connectivity index (χ0n) is 12.2. The number of pyridine rings is 1. The summed E-state index contributed by atoms with van der Waals surface area (Å²) in [6.45, 7) is 3.43. The number of nitrogens with zero attached hydrogens (tertiary/aromatic N) is 1. The Morgan fingerprint density at radius 1 is 1.38 bits per heavy atom. The molecule has 0 bridgehead atoms. The average molecular weight is 302 g/mol. The van der Waals surface area contributed by atoms with E-state index in [2.05, 4.69) is 16.4 Å². The van der Waals surface area contributed by atoms with Crippen molar-refractivity contribution in [3.63, 3.8) is 0 Å². The molecule has 0 atom stereocenters. The first-order valence-electron chi connectivity index (χ1n) is 6.94. The molecule has 1 aliphatic heterocycles. The second kappa shape index (κ2) is 6.37. The van der Waals surface area contributed by atoms with Crippen molar-refractivity contribution in [3.8, 4) is 17.2 Å². The van der Waals surface area contributed by atoms with Crippen molar-refractivity contribution in [2.75, 3.05) is 19.4 Å². The first-order valence-corrected chi connectivity index (χ1v) is 7.92. The number of thioether (sulfide) groups is 1. The van der Waals surface area contributed by atoms with Crippen LogP contribution in [0.1, 0.15) is 11.3 Å². The van der Waals surface area contributed by atoms with Gasteiger partial charge in [-0.15, -0.1) is 11.8 Å². The highest BCUT2D eigenvalue weighted by Crippen LogP contribution is 2.37. The molecule has 1 aliphatic rings. The van der Waals surface area contributed by atoms with Gasteiger partial charge in [0.1, 0.15) is 17.2 Å². The first kappa shape index (κ1) is 14.2. The molecule has 5 heteroatoms. The summed E-state index contributed by atoms with van der Waals surface area (Å²) < 4.78 is 11.7. The lowest BCUT2D eigenvalue weighted by molar-refractivity contribution is 0.327. The Morgan fingerprint density at radius 3 is 3.14 bits per heavy atom. The highest BCUT2D eigenvalue weighted by atomic mass is 32.2. The van der Waals surface area contributed by atoms with Crippen LogP contribution in [-0.2, 0) is 6.54 Å². The van der Waals surface area contributed by atoms with Gasteiger partial charge in [0.15, 0.2) is 0 Å². The minimum absolute atomic E-state index is 0.722. The molecular weight excluding hydrogens is 284 g/mol. The van der Waals surface area contributed by atoms with Crippen LogP contribution in [-0.4, -0.2) is 24.4 Å². The van der Waals surface area contributed by atoms with Crippen molar-refractivity contribution in [1.82, 2.24) is 10.3 Å². The molecule has 0 fully saturated rings. The smallest absolute Gasteiger partial charge is 0.136 e. The monoisotopic (exact) mass is 302 g/mol. The third kappa shape index (κ3) is 3.31. The molecule has 3 rings (SSSR count). The molecule has 0 amide bonds. The molecule has 0 unspecified atom stereocenters. The number of aryl methyl sites for hydroxylation is 1. The number of ether oxygens (including phenoxy) is 2. The predicted molar refractivity (Wildman–Crippen MR) is 84.5 cm³/mol. The molecule has 0 saturated carbocycles. The third-order valence-corrected chi connectivity index (χ3v) is 4.21. The quantitative estimate of drug-likeness (QED) is 0.938. The van der Waals surface area contributed by atoms with E-state index >= 15 is 0 Å². The van der Waals surface area contributed by atoms with Gasteiger partial charge < -0.3 is 14.8 Å². The molecule has 2 heterocycles. The Balaban J connectivity index is 1.87. The van der Waals surface area contributed by atoms with Crippen molar-refractivity contribution >= 4 is 11.8 Å². The van der Waals surface area contributed by atoms with E-state index in [4.69, 9.17) is 9.47 Å². The van der Waals surface area contributed by atoms with E-state index in [0.717, 1.165) is 47.4 Å². The molecule has 0 saturated heterocycles. The van der Waals surface area contributed by atoms with Gasteiger partial charge in [-0.1, -0.05) is 0 Å². The summed E-state index contributed by atoms with van der Waals surface area (Å²) in [6.07, 6.45) is 1.85. The summed E-state index contributed by atoms with van der Waals surface area (Å²) in [7, 11) is 1.91. The number of hydrogen-bond acceptors (Lipinski definition) is 5. The fraction of sp³-hybridized carbons (Fsp3) is 0.312. The van der Waals surface area contributed by atoms with Gasteiger partial charge in [0, 0.05) is 46.8 Å². The van der Waals surface area contributed by atoms with E-state index in [1.54, 1.807) is 0 Å². The summed E-state index contributed by atoms with van der Waals surface area (Å²) in [6, 6.07) is 7.96. The molecule has 21 heavy (non-hydrogen) atoms. The van der Waals surface area contributed by atoms with Gasteiger partial charge >= 0.3 is 0 Å². The van der Waals surface area contributed by atoms with Crippen LogP contribution >= 0.6 is 11.8 Å². The molecular formula is C16H18N2O2S. The van der Waals surface area contributed by atoms with Crippen LogP contribution in [0.4, 0.5) is 0 Å². The summed E-state index contributed by atoms with van der Waals surface area (Å²) in [5.41, 5.74) is 1.98. The van der Waals surface area contributed by atoms with Gasteiger partial charge in [0.05, 0.1) is 6.61 Å². The Bertz CT molecular complexity index is 646. The van der Waals surface area contributed by atoms with Crippen molar-refractivity contribution in [2.24, 2.45) is 0 Å². The molecule has 0 radical (unpaired) electrons. The Labute approximate surface area is 128 Å². The topological polar surface area (TPSA) is 43.4 Å². The molecule has 110 valence electrons. The van der Waals surface area contributed by atoms with Crippen LogP contribution in [0.5, 0.6) is 17.2 Å². The maximum absolute atomic E-state index is 6.04. The van der Waals surface area contributed by atoms with Crippen molar-refractivity contribution in [1.29, 1.82) is 0 Å². The highest BCUT2D eigenvalue weighted by molar-refractivity contribution is 7.99. The molecule has 0 aliphatic carbocycles. The van der Waals surface area contributed by atoms with Gasteiger partial charge in [0.2, 0.25) is 0 Å². The Morgan fingerprint density at radius 2 is 2.29 bits per heavy atom. The van der Waals surface area contributed by atoms with Crippen LogP contribution in [0.2, 0.25) is 0 Å². The molecule has 1 aromatic heterocycles. The van der Waals surface area contributed by atoms with Crippen molar-refractivity contribution in [2.45, 2.75) is 18.4 Å². The standard InChI is InChI=1S/C16H18N2O2S/c1-11-7-14(12(9-17-2)10-18-11)20-13-3-4-16-15(8-13)19-5-6-21-16/h3-4,7-8,10,17H,5-6,9H2,1-2H3. The largest absolute Gasteiger partial charge is 0.491 e. The van der Waals surface area contributed by atoms with E-state index in [-0.39, 0.29) is 0 Å². The zero-order chi connectivity index (χ0) is 14.7. The summed E-state index contributed by atoms with van der Waals surface area (Å²) in [4.78, 5) is 5.50. The molecule has 1 N–H and O–H groups in total.